The average molecular weight is 393 g/mol. The molecule has 2 aromatic carbocycles. The maximum absolute atomic E-state index is 12.6. The molecule has 0 radical (unpaired) electrons. The van der Waals surface area contributed by atoms with Gasteiger partial charge in [0.2, 0.25) is 0 Å². The summed E-state index contributed by atoms with van der Waals surface area (Å²) in [6.45, 7) is 6.25. The molecule has 2 amide bonds. The van der Waals surface area contributed by atoms with E-state index in [1.165, 1.54) is 0 Å². The van der Waals surface area contributed by atoms with Crippen molar-refractivity contribution in [1.29, 1.82) is 0 Å². The van der Waals surface area contributed by atoms with Gasteiger partial charge in [0.1, 0.15) is 11.6 Å². The third-order valence-corrected chi connectivity index (χ3v) is 5.45. The quantitative estimate of drug-likeness (QED) is 0.724. The number of hydrogen-bond donors (Lipinski definition) is 1. The fraction of sp³-hybridized carbons (Fsp3) is 0.364. The molecule has 7 heteroatoms. The number of rotatable bonds is 5. The number of carbonyl (C=O) groups excluding carboxylic acids is 1. The van der Waals surface area contributed by atoms with Crippen molar-refractivity contribution in [3.63, 3.8) is 0 Å². The molecule has 4 rings (SSSR count). The van der Waals surface area contributed by atoms with Crippen LogP contribution >= 0.6 is 0 Å². The number of hydrogen-bond acceptors (Lipinski definition) is 4. The van der Waals surface area contributed by atoms with E-state index in [9.17, 15) is 4.79 Å². The van der Waals surface area contributed by atoms with E-state index < -0.39 is 0 Å². The van der Waals surface area contributed by atoms with Gasteiger partial charge in [-0.2, -0.15) is 0 Å². The minimum atomic E-state index is -0.00764. The van der Waals surface area contributed by atoms with Crippen molar-refractivity contribution in [3.05, 3.63) is 54.4 Å². The van der Waals surface area contributed by atoms with Gasteiger partial charge in [-0.05, 0) is 31.2 Å². The van der Waals surface area contributed by atoms with Crippen LogP contribution in [0.15, 0.2) is 48.5 Å². The van der Waals surface area contributed by atoms with E-state index in [-0.39, 0.29) is 6.03 Å². The molecule has 0 spiro atoms. The predicted octanol–water partition coefficient (Wildman–Crippen LogP) is 2.89. The van der Waals surface area contributed by atoms with Crippen LogP contribution in [0.4, 0.5) is 10.5 Å². The molecule has 29 heavy (non-hydrogen) atoms. The summed E-state index contributed by atoms with van der Waals surface area (Å²) in [5, 5.41) is 3.05. The number of fused-ring (bicyclic) bond motifs is 1. The summed E-state index contributed by atoms with van der Waals surface area (Å²) in [5.41, 5.74) is 3.17. The van der Waals surface area contributed by atoms with Gasteiger partial charge >= 0.3 is 6.03 Å². The lowest BCUT2D eigenvalue weighted by Crippen LogP contribution is -2.52. The maximum Gasteiger partial charge on any atom is 0.317 e. The number of carbonyl (C=O) groups is 1. The van der Waals surface area contributed by atoms with E-state index in [0.717, 1.165) is 41.4 Å². The number of ether oxygens (including phenoxy) is 1. The molecule has 0 atom stereocenters. The standard InChI is InChI=1S/C22H27N5O2/c1-17-24-18-7-3-4-8-19(18)27(17)12-11-23-22(28)26-15-13-25(14-16-26)20-9-5-6-10-21(20)29-2/h3-10H,11-16H2,1-2H3,(H,23,28). The van der Waals surface area contributed by atoms with E-state index in [0.29, 0.717) is 26.2 Å². The van der Waals surface area contributed by atoms with Gasteiger partial charge in [0.05, 0.1) is 23.8 Å². The Morgan fingerprint density at radius 2 is 1.79 bits per heavy atom. The molecule has 1 N–H and O–H groups in total. The molecule has 7 nitrogen and oxygen atoms in total. The minimum Gasteiger partial charge on any atom is -0.495 e. The number of nitrogens with one attached hydrogen (secondary N) is 1. The minimum absolute atomic E-state index is 0.00764. The molecule has 0 saturated carbocycles. The van der Waals surface area contributed by atoms with E-state index >= 15 is 0 Å². The molecule has 1 aromatic heterocycles. The molecule has 1 saturated heterocycles. The lowest BCUT2D eigenvalue weighted by atomic mass is 10.2. The highest BCUT2D eigenvalue weighted by Gasteiger charge is 2.22. The van der Waals surface area contributed by atoms with Crippen molar-refractivity contribution in [1.82, 2.24) is 19.8 Å². The van der Waals surface area contributed by atoms with Crippen molar-refractivity contribution < 1.29 is 9.53 Å². The summed E-state index contributed by atoms with van der Waals surface area (Å²) in [5.74, 6) is 1.83. The lowest BCUT2D eigenvalue weighted by molar-refractivity contribution is 0.194. The Morgan fingerprint density at radius 3 is 2.59 bits per heavy atom. The van der Waals surface area contributed by atoms with Crippen molar-refractivity contribution in [2.24, 2.45) is 0 Å². The number of nitrogens with zero attached hydrogens (tertiary/aromatic N) is 4. The van der Waals surface area contributed by atoms with Gasteiger partial charge in [-0.3, -0.25) is 0 Å². The summed E-state index contributed by atoms with van der Waals surface area (Å²) in [6.07, 6.45) is 0. The SMILES string of the molecule is COc1ccccc1N1CCN(C(=O)NCCn2c(C)nc3ccccc32)CC1. The Hall–Kier alpha value is -3.22. The van der Waals surface area contributed by atoms with Crippen molar-refractivity contribution in [2.45, 2.75) is 13.5 Å². The van der Waals surface area contributed by atoms with Crippen molar-refractivity contribution in [2.75, 3.05) is 44.7 Å². The summed E-state index contributed by atoms with van der Waals surface area (Å²) in [6, 6.07) is 16.1. The zero-order valence-corrected chi connectivity index (χ0v) is 17.0. The molecular formula is C22H27N5O2. The van der Waals surface area contributed by atoms with E-state index in [1.54, 1.807) is 7.11 Å². The Kier molecular flexibility index (Phi) is 5.55. The summed E-state index contributed by atoms with van der Waals surface area (Å²) >= 11 is 0. The van der Waals surface area contributed by atoms with Crippen LogP contribution in [0.2, 0.25) is 0 Å². The monoisotopic (exact) mass is 393 g/mol. The van der Waals surface area contributed by atoms with Crippen molar-refractivity contribution in [3.8, 4) is 5.75 Å². The number of aryl methyl sites for hydroxylation is 1. The van der Waals surface area contributed by atoms with Crippen LogP contribution in [0, 0.1) is 6.92 Å². The third-order valence-electron chi connectivity index (χ3n) is 5.45. The molecule has 1 fully saturated rings. The molecule has 0 bridgehead atoms. The normalized spacial score (nSPS) is 14.3. The number of para-hydroxylation sites is 4. The van der Waals surface area contributed by atoms with Gasteiger partial charge < -0.3 is 24.4 Å². The fourth-order valence-corrected chi connectivity index (χ4v) is 3.91. The number of piperazine rings is 1. The highest BCUT2D eigenvalue weighted by Crippen LogP contribution is 2.28. The first-order valence-electron chi connectivity index (χ1n) is 10.00. The number of methoxy groups -OCH3 is 1. The van der Waals surface area contributed by atoms with Crippen LogP contribution in [-0.4, -0.2) is 60.3 Å². The Morgan fingerprint density at radius 1 is 1.07 bits per heavy atom. The molecule has 3 aromatic rings. The maximum atomic E-state index is 12.6. The van der Waals surface area contributed by atoms with E-state index in [1.807, 2.05) is 48.2 Å². The first kappa shape index (κ1) is 19.1. The predicted molar refractivity (Wildman–Crippen MR) is 115 cm³/mol. The Bertz CT molecular complexity index is 992. The number of anilines is 1. The van der Waals surface area contributed by atoms with E-state index in [4.69, 9.17) is 4.74 Å². The number of urea groups is 1. The van der Waals surface area contributed by atoms with Crippen LogP contribution in [0.1, 0.15) is 5.82 Å². The number of imidazole rings is 1. The second-order valence-corrected chi connectivity index (χ2v) is 7.18. The summed E-state index contributed by atoms with van der Waals surface area (Å²) < 4.78 is 7.61. The molecule has 0 unspecified atom stereocenters. The zero-order valence-electron chi connectivity index (χ0n) is 17.0. The zero-order chi connectivity index (χ0) is 20.2. The molecule has 0 aliphatic carbocycles. The van der Waals surface area contributed by atoms with Gasteiger partial charge in [-0.25, -0.2) is 9.78 Å². The molecule has 1 aliphatic heterocycles. The van der Waals surface area contributed by atoms with Crippen molar-refractivity contribution >= 4 is 22.8 Å². The van der Waals surface area contributed by atoms with Gasteiger partial charge in [0, 0.05) is 39.3 Å². The van der Waals surface area contributed by atoms with Crippen LogP contribution in [-0.2, 0) is 6.54 Å². The summed E-state index contributed by atoms with van der Waals surface area (Å²) in [4.78, 5) is 21.3. The molecule has 152 valence electrons. The third kappa shape index (κ3) is 3.99. The second kappa shape index (κ2) is 8.43. The summed E-state index contributed by atoms with van der Waals surface area (Å²) in [7, 11) is 1.69. The van der Waals surface area contributed by atoms with Gasteiger partial charge in [0.25, 0.3) is 0 Å². The fourth-order valence-electron chi connectivity index (χ4n) is 3.91. The highest BCUT2D eigenvalue weighted by atomic mass is 16.5. The van der Waals surface area contributed by atoms with E-state index in [2.05, 4.69) is 31.9 Å². The number of aromatic nitrogens is 2. The van der Waals surface area contributed by atoms with Gasteiger partial charge in [-0.1, -0.05) is 24.3 Å². The molecule has 1 aliphatic rings. The first-order valence-corrected chi connectivity index (χ1v) is 10.00. The van der Waals surface area contributed by atoms with Crippen LogP contribution in [0.3, 0.4) is 0 Å². The molecular weight excluding hydrogens is 366 g/mol. The second-order valence-electron chi connectivity index (χ2n) is 7.18. The van der Waals surface area contributed by atoms with Gasteiger partial charge in [-0.15, -0.1) is 0 Å². The number of benzene rings is 2. The topological polar surface area (TPSA) is 62.6 Å². The van der Waals surface area contributed by atoms with Gasteiger partial charge in [0.15, 0.2) is 0 Å². The smallest absolute Gasteiger partial charge is 0.317 e. The molecule has 2 heterocycles. The van der Waals surface area contributed by atoms with Crippen LogP contribution < -0.4 is 15.0 Å². The average Bonchev–Trinajstić information content (AvgIpc) is 3.09. The lowest BCUT2D eigenvalue weighted by Gasteiger charge is -2.36. The largest absolute Gasteiger partial charge is 0.495 e. The van der Waals surface area contributed by atoms with Crippen LogP contribution in [0.25, 0.3) is 11.0 Å². The van der Waals surface area contributed by atoms with Crippen LogP contribution in [0.5, 0.6) is 5.75 Å². The Labute approximate surface area is 170 Å². The first-order chi connectivity index (χ1) is 14.2. The Balaban J connectivity index is 1.29. The highest BCUT2D eigenvalue weighted by molar-refractivity contribution is 5.76. The number of amides is 2.